The number of carboxylic acid groups (broad SMARTS) is 1. The first-order chi connectivity index (χ1) is 8.99. The first kappa shape index (κ1) is 13.1. The Kier molecular flexibility index (Phi) is 3.52. The third-order valence-corrected chi connectivity index (χ3v) is 2.68. The van der Waals surface area contributed by atoms with Crippen molar-refractivity contribution in [2.75, 3.05) is 13.2 Å². The van der Waals surface area contributed by atoms with E-state index in [0.29, 0.717) is 19.0 Å². The molecule has 102 valence electrons. The second-order valence-electron chi connectivity index (χ2n) is 4.02. The zero-order chi connectivity index (χ0) is 14.0. The van der Waals surface area contributed by atoms with Crippen molar-refractivity contribution in [2.24, 2.45) is 5.73 Å². The molecular weight excluding hydrogens is 256 g/mol. The van der Waals surface area contributed by atoms with Gasteiger partial charge in [0.2, 0.25) is 0 Å². The van der Waals surface area contributed by atoms with E-state index >= 15 is 0 Å². The summed E-state index contributed by atoms with van der Waals surface area (Å²) >= 11 is 0. The Hall–Kier alpha value is -2.35. The maximum absolute atomic E-state index is 11.0. The van der Waals surface area contributed by atoms with Crippen molar-refractivity contribution in [1.29, 1.82) is 0 Å². The van der Waals surface area contributed by atoms with Gasteiger partial charge in [-0.1, -0.05) is 0 Å². The molecule has 1 aromatic carbocycles. The van der Waals surface area contributed by atoms with Gasteiger partial charge in [0.05, 0.1) is 23.0 Å². The van der Waals surface area contributed by atoms with E-state index in [1.54, 1.807) is 0 Å². The van der Waals surface area contributed by atoms with Gasteiger partial charge in [-0.25, -0.2) is 0 Å². The molecule has 0 aromatic heterocycles. The molecule has 0 spiro atoms. The van der Waals surface area contributed by atoms with Gasteiger partial charge in [-0.05, 0) is 6.07 Å². The van der Waals surface area contributed by atoms with Crippen LogP contribution in [0, 0.1) is 10.1 Å². The number of benzene rings is 1. The van der Waals surface area contributed by atoms with Gasteiger partial charge in [0, 0.05) is 6.04 Å². The molecule has 1 aromatic rings. The van der Waals surface area contributed by atoms with E-state index in [9.17, 15) is 14.9 Å². The Balaban J connectivity index is 2.45. The van der Waals surface area contributed by atoms with Crippen LogP contribution in [0.5, 0.6) is 11.5 Å². The van der Waals surface area contributed by atoms with Crippen LogP contribution in [0.15, 0.2) is 12.1 Å². The molecule has 0 saturated heterocycles. The van der Waals surface area contributed by atoms with Crippen molar-refractivity contribution >= 4 is 11.7 Å². The molecule has 0 amide bonds. The highest BCUT2D eigenvalue weighted by Crippen LogP contribution is 2.39. The Morgan fingerprint density at radius 1 is 1.42 bits per heavy atom. The number of nitrogens with two attached hydrogens (primary N) is 1. The molecule has 8 nitrogen and oxygen atoms in total. The van der Waals surface area contributed by atoms with E-state index in [1.807, 2.05) is 0 Å². The quantitative estimate of drug-likeness (QED) is 0.612. The zero-order valence-electron chi connectivity index (χ0n) is 9.87. The fourth-order valence-electron chi connectivity index (χ4n) is 1.85. The van der Waals surface area contributed by atoms with Crippen molar-refractivity contribution in [1.82, 2.24) is 0 Å². The maximum atomic E-state index is 11.0. The third kappa shape index (κ3) is 2.74. The van der Waals surface area contributed by atoms with Gasteiger partial charge in [0.1, 0.15) is 13.2 Å². The average molecular weight is 268 g/mol. The summed E-state index contributed by atoms with van der Waals surface area (Å²) in [5, 5.41) is 19.7. The van der Waals surface area contributed by atoms with Gasteiger partial charge >= 0.3 is 5.97 Å². The second-order valence-corrected chi connectivity index (χ2v) is 4.02. The number of carboxylic acids is 1. The molecule has 2 rings (SSSR count). The van der Waals surface area contributed by atoms with E-state index in [4.69, 9.17) is 20.3 Å². The van der Waals surface area contributed by atoms with Gasteiger partial charge in [-0.15, -0.1) is 0 Å². The molecule has 3 N–H and O–H groups in total. The number of hydrogen-bond donors (Lipinski definition) is 2. The summed E-state index contributed by atoms with van der Waals surface area (Å²) in [6.45, 7) is 0.642. The summed E-state index contributed by atoms with van der Waals surface area (Å²) in [6.07, 6.45) is -0.402. The minimum atomic E-state index is -1.13. The number of nitrogens with zero attached hydrogens (tertiary/aromatic N) is 1. The van der Waals surface area contributed by atoms with Crippen LogP contribution in [0.3, 0.4) is 0 Å². The maximum Gasteiger partial charge on any atom is 0.305 e. The van der Waals surface area contributed by atoms with Crippen LogP contribution in [-0.2, 0) is 4.79 Å². The molecule has 0 bridgehead atoms. The first-order valence-electron chi connectivity index (χ1n) is 5.54. The van der Waals surface area contributed by atoms with Gasteiger partial charge < -0.3 is 20.3 Å². The average Bonchev–Trinajstić information content (AvgIpc) is 2.36. The van der Waals surface area contributed by atoms with E-state index < -0.39 is 23.4 Å². The first-order valence-corrected chi connectivity index (χ1v) is 5.54. The molecule has 1 atom stereocenters. The van der Waals surface area contributed by atoms with Crippen LogP contribution in [-0.4, -0.2) is 29.2 Å². The van der Waals surface area contributed by atoms with Crippen molar-refractivity contribution in [2.45, 2.75) is 12.5 Å². The lowest BCUT2D eigenvalue weighted by molar-refractivity contribution is -0.385. The number of nitro benzene ring substituents is 1. The molecule has 0 saturated carbocycles. The number of aliphatic carboxylic acids is 1. The summed E-state index contributed by atoms with van der Waals surface area (Å²) in [5.74, 6) is -0.520. The van der Waals surface area contributed by atoms with Crippen LogP contribution in [0.4, 0.5) is 5.69 Å². The van der Waals surface area contributed by atoms with Gasteiger partial charge in [0.25, 0.3) is 5.69 Å². The van der Waals surface area contributed by atoms with Gasteiger partial charge in [-0.2, -0.15) is 0 Å². The number of rotatable bonds is 4. The minimum Gasteiger partial charge on any atom is -0.486 e. The summed E-state index contributed by atoms with van der Waals surface area (Å²) in [4.78, 5) is 21.0. The minimum absolute atomic E-state index is 0.122. The third-order valence-electron chi connectivity index (χ3n) is 2.68. The topological polar surface area (TPSA) is 125 Å². The monoisotopic (exact) mass is 268 g/mol. The van der Waals surface area contributed by atoms with Crippen LogP contribution >= 0.6 is 0 Å². The molecule has 1 aliphatic heterocycles. The molecule has 1 heterocycles. The molecule has 1 unspecified atom stereocenters. The van der Waals surface area contributed by atoms with E-state index in [0.717, 1.165) is 0 Å². The molecule has 8 heteroatoms. The highest BCUT2D eigenvalue weighted by Gasteiger charge is 2.26. The largest absolute Gasteiger partial charge is 0.486 e. The van der Waals surface area contributed by atoms with Crippen LogP contribution in [0.2, 0.25) is 0 Å². The predicted octanol–water partition coefficient (Wildman–Crippen LogP) is 0.841. The van der Waals surface area contributed by atoms with E-state index in [1.165, 1.54) is 12.1 Å². The molecule has 0 fully saturated rings. The molecule has 1 aliphatic rings. The normalized spacial score (nSPS) is 14.8. The lowest BCUT2D eigenvalue weighted by Gasteiger charge is -2.20. The van der Waals surface area contributed by atoms with Crippen molar-refractivity contribution in [3.8, 4) is 11.5 Å². The molecule has 0 aliphatic carbocycles. The van der Waals surface area contributed by atoms with Crippen LogP contribution in [0.25, 0.3) is 0 Å². The fourth-order valence-corrected chi connectivity index (χ4v) is 1.85. The van der Waals surface area contributed by atoms with Crippen LogP contribution in [0.1, 0.15) is 18.0 Å². The van der Waals surface area contributed by atoms with Crippen LogP contribution < -0.4 is 15.2 Å². The number of nitro groups is 1. The van der Waals surface area contributed by atoms with Crippen molar-refractivity contribution in [3.05, 3.63) is 27.8 Å². The van der Waals surface area contributed by atoms with E-state index in [2.05, 4.69) is 0 Å². The summed E-state index contributed by atoms with van der Waals surface area (Å²) in [5.41, 5.74) is 5.54. The predicted molar refractivity (Wildman–Crippen MR) is 63.3 cm³/mol. The highest BCUT2D eigenvalue weighted by atomic mass is 16.6. The Bertz CT molecular complexity index is 530. The lowest BCUT2D eigenvalue weighted by atomic mass is 10.0. The number of carbonyl (C=O) groups is 1. The summed E-state index contributed by atoms with van der Waals surface area (Å²) in [6, 6.07) is 1.61. The Morgan fingerprint density at radius 3 is 2.53 bits per heavy atom. The summed E-state index contributed by atoms with van der Waals surface area (Å²) < 4.78 is 10.5. The molecule has 0 radical (unpaired) electrons. The molecular formula is C11H12N2O6. The lowest BCUT2D eigenvalue weighted by Crippen LogP contribution is -2.19. The molecule has 19 heavy (non-hydrogen) atoms. The second kappa shape index (κ2) is 5.11. The number of hydrogen-bond acceptors (Lipinski definition) is 6. The smallest absolute Gasteiger partial charge is 0.305 e. The Labute approximate surface area is 107 Å². The van der Waals surface area contributed by atoms with E-state index in [-0.39, 0.29) is 17.0 Å². The van der Waals surface area contributed by atoms with Gasteiger partial charge in [-0.3, -0.25) is 14.9 Å². The fraction of sp³-hybridized carbons (Fsp3) is 0.364. The Morgan fingerprint density at radius 2 is 2.00 bits per heavy atom. The van der Waals surface area contributed by atoms with Crippen molar-refractivity contribution in [3.63, 3.8) is 0 Å². The standard InChI is InChI=1S/C11H12N2O6/c12-7(4-11(14)15)6-3-9-10(19-2-1-18-9)5-8(6)13(16)17/h3,5,7H,1-2,4,12H2,(H,14,15). The number of fused-ring (bicyclic) bond motifs is 1. The highest BCUT2D eigenvalue weighted by molar-refractivity contribution is 5.69. The van der Waals surface area contributed by atoms with Gasteiger partial charge in [0.15, 0.2) is 11.5 Å². The van der Waals surface area contributed by atoms with Crippen molar-refractivity contribution < 1.29 is 24.3 Å². The number of ether oxygens (including phenoxy) is 2. The summed E-state index contributed by atoms with van der Waals surface area (Å²) in [7, 11) is 0. The SMILES string of the molecule is NC(CC(=O)O)c1cc2c(cc1[N+](=O)[O-])OCCO2. The zero-order valence-corrected chi connectivity index (χ0v) is 9.87.